The van der Waals surface area contributed by atoms with Crippen molar-refractivity contribution >= 4 is 11.6 Å². The number of anilines is 2. The predicted molar refractivity (Wildman–Crippen MR) is 83.2 cm³/mol. The Morgan fingerprint density at radius 3 is 2.95 bits per heavy atom. The zero-order valence-corrected chi connectivity index (χ0v) is 12.5. The number of aromatic nitrogens is 3. The van der Waals surface area contributed by atoms with Crippen LogP contribution in [0.1, 0.15) is 5.56 Å². The Bertz CT molecular complexity index is 616. The molecule has 1 aliphatic rings. The summed E-state index contributed by atoms with van der Waals surface area (Å²) in [5, 5.41) is 3.29. The molecule has 0 spiro atoms. The smallest absolute Gasteiger partial charge is 0.218 e. The maximum absolute atomic E-state index is 5.36. The summed E-state index contributed by atoms with van der Waals surface area (Å²) in [6, 6.07) is 5.82. The molecule has 2 aromatic heterocycles. The number of morpholine rings is 1. The molecule has 0 bridgehead atoms. The molecule has 116 valence electrons. The maximum Gasteiger partial charge on any atom is 0.218 e. The average Bonchev–Trinajstić information content (AvgIpc) is 2.61. The maximum atomic E-state index is 5.36. The summed E-state index contributed by atoms with van der Waals surface area (Å²) in [4.78, 5) is 15.0. The van der Waals surface area contributed by atoms with Crippen LogP contribution in [0.4, 0.5) is 11.6 Å². The third-order valence-corrected chi connectivity index (χ3v) is 3.49. The zero-order chi connectivity index (χ0) is 15.2. The average molecular weight is 301 g/mol. The number of hydrogen-bond acceptors (Lipinski definition) is 7. The van der Waals surface area contributed by atoms with E-state index in [0.29, 0.717) is 12.4 Å². The lowest BCUT2D eigenvalue weighted by Gasteiger charge is -2.27. The monoisotopic (exact) mass is 301 g/mol. The molecule has 1 N–H and O–H groups in total. The van der Waals surface area contributed by atoms with Crippen molar-refractivity contribution < 1.29 is 9.47 Å². The molecule has 2 aromatic rings. The van der Waals surface area contributed by atoms with Gasteiger partial charge in [-0.3, -0.25) is 0 Å². The number of hydrogen-bond donors (Lipinski definition) is 1. The molecular formula is C15H19N5O2. The first-order valence-corrected chi connectivity index (χ1v) is 7.23. The number of nitrogens with zero attached hydrogens (tertiary/aromatic N) is 4. The number of nitrogens with one attached hydrogen (secondary N) is 1. The fraction of sp³-hybridized carbons (Fsp3) is 0.400. The van der Waals surface area contributed by atoms with Gasteiger partial charge in [-0.15, -0.1) is 0 Å². The Balaban J connectivity index is 1.67. The molecule has 7 nitrogen and oxygen atoms in total. The Labute approximate surface area is 129 Å². The topological polar surface area (TPSA) is 72.4 Å². The van der Waals surface area contributed by atoms with E-state index in [1.807, 2.05) is 18.2 Å². The molecule has 0 atom stereocenters. The first-order valence-electron chi connectivity index (χ1n) is 7.23. The second kappa shape index (κ2) is 7.04. The number of rotatable bonds is 5. The van der Waals surface area contributed by atoms with Crippen LogP contribution in [0.15, 0.2) is 30.7 Å². The summed E-state index contributed by atoms with van der Waals surface area (Å²) < 4.78 is 10.6. The molecule has 7 heteroatoms. The lowest BCUT2D eigenvalue weighted by atomic mass is 10.2. The van der Waals surface area contributed by atoms with Gasteiger partial charge in [0.25, 0.3) is 0 Å². The quantitative estimate of drug-likeness (QED) is 0.893. The molecule has 3 rings (SSSR count). The van der Waals surface area contributed by atoms with Gasteiger partial charge < -0.3 is 19.7 Å². The van der Waals surface area contributed by atoms with Crippen molar-refractivity contribution in [3.05, 3.63) is 36.3 Å². The van der Waals surface area contributed by atoms with Crippen LogP contribution in [-0.2, 0) is 11.3 Å². The Morgan fingerprint density at radius 1 is 1.27 bits per heavy atom. The van der Waals surface area contributed by atoms with Crippen molar-refractivity contribution in [2.45, 2.75) is 6.54 Å². The number of ether oxygens (including phenoxy) is 2. The molecule has 3 heterocycles. The highest BCUT2D eigenvalue weighted by Crippen LogP contribution is 2.18. The minimum atomic E-state index is 0.594. The predicted octanol–water partition coefficient (Wildman–Crippen LogP) is 1.33. The van der Waals surface area contributed by atoms with Crippen molar-refractivity contribution in [3.63, 3.8) is 0 Å². The van der Waals surface area contributed by atoms with Crippen molar-refractivity contribution in [3.8, 4) is 5.88 Å². The van der Waals surface area contributed by atoms with E-state index in [0.717, 1.165) is 43.5 Å². The first-order chi connectivity index (χ1) is 10.9. The molecule has 1 aliphatic heterocycles. The third kappa shape index (κ3) is 3.43. The Morgan fingerprint density at radius 2 is 2.14 bits per heavy atom. The van der Waals surface area contributed by atoms with E-state index in [1.54, 1.807) is 19.6 Å². The van der Waals surface area contributed by atoms with E-state index in [9.17, 15) is 0 Å². The molecule has 1 saturated heterocycles. The molecule has 0 radical (unpaired) electrons. The molecule has 22 heavy (non-hydrogen) atoms. The van der Waals surface area contributed by atoms with Gasteiger partial charge in [0.05, 0.1) is 20.3 Å². The van der Waals surface area contributed by atoms with E-state index < -0.39 is 0 Å². The van der Waals surface area contributed by atoms with Gasteiger partial charge in [-0.1, -0.05) is 6.07 Å². The molecule has 1 fully saturated rings. The van der Waals surface area contributed by atoms with Crippen molar-refractivity contribution in [2.75, 3.05) is 43.6 Å². The van der Waals surface area contributed by atoms with E-state index in [4.69, 9.17) is 9.47 Å². The summed E-state index contributed by atoms with van der Waals surface area (Å²) in [6.07, 6.45) is 3.29. The summed E-state index contributed by atoms with van der Waals surface area (Å²) in [5.41, 5.74) is 0.983. The molecular weight excluding hydrogens is 282 g/mol. The van der Waals surface area contributed by atoms with Crippen LogP contribution in [0.25, 0.3) is 0 Å². The van der Waals surface area contributed by atoms with Crippen LogP contribution < -0.4 is 15.0 Å². The first kappa shape index (κ1) is 14.5. The fourth-order valence-corrected chi connectivity index (χ4v) is 2.34. The minimum Gasteiger partial charge on any atom is -0.481 e. The molecule has 0 unspecified atom stereocenters. The minimum absolute atomic E-state index is 0.594. The lowest BCUT2D eigenvalue weighted by molar-refractivity contribution is 0.122. The largest absolute Gasteiger partial charge is 0.481 e. The van der Waals surface area contributed by atoms with Crippen LogP contribution in [-0.4, -0.2) is 48.4 Å². The van der Waals surface area contributed by atoms with E-state index in [2.05, 4.69) is 25.2 Å². The second-order valence-corrected chi connectivity index (χ2v) is 4.89. The SMILES string of the molecule is COc1ncccc1CNc1cc(N2CCOCC2)ncn1. The van der Waals surface area contributed by atoms with Crippen LogP contribution in [0.2, 0.25) is 0 Å². The van der Waals surface area contributed by atoms with Gasteiger partial charge in [-0.25, -0.2) is 15.0 Å². The van der Waals surface area contributed by atoms with Crippen LogP contribution >= 0.6 is 0 Å². The fourth-order valence-electron chi connectivity index (χ4n) is 2.34. The summed E-state index contributed by atoms with van der Waals surface area (Å²) in [6.45, 7) is 3.77. The Hall–Kier alpha value is -2.41. The van der Waals surface area contributed by atoms with E-state index in [-0.39, 0.29) is 0 Å². The number of pyridine rings is 1. The highest BCUT2D eigenvalue weighted by atomic mass is 16.5. The van der Waals surface area contributed by atoms with Gasteiger partial charge in [-0.2, -0.15) is 0 Å². The second-order valence-electron chi connectivity index (χ2n) is 4.89. The van der Waals surface area contributed by atoms with E-state index in [1.165, 1.54) is 0 Å². The van der Waals surface area contributed by atoms with Crippen molar-refractivity contribution in [1.82, 2.24) is 15.0 Å². The molecule has 0 aromatic carbocycles. The molecule has 0 aliphatic carbocycles. The highest BCUT2D eigenvalue weighted by Gasteiger charge is 2.13. The number of methoxy groups -OCH3 is 1. The van der Waals surface area contributed by atoms with Crippen LogP contribution in [0.5, 0.6) is 5.88 Å². The van der Waals surface area contributed by atoms with Gasteiger partial charge in [0.1, 0.15) is 18.0 Å². The molecule has 0 amide bonds. The van der Waals surface area contributed by atoms with Crippen LogP contribution in [0.3, 0.4) is 0 Å². The summed E-state index contributed by atoms with van der Waals surface area (Å²) in [7, 11) is 1.62. The van der Waals surface area contributed by atoms with Gasteiger partial charge in [0, 0.05) is 37.5 Å². The normalized spacial score (nSPS) is 14.7. The molecule has 0 saturated carbocycles. The summed E-state index contributed by atoms with van der Waals surface area (Å²) in [5.74, 6) is 2.32. The highest BCUT2D eigenvalue weighted by molar-refractivity contribution is 5.49. The van der Waals surface area contributed by atoms with Crippen LogP contribution in [0, 0.1) is 0 Å². The van der Waals surface area contributed by atoms with Gasteiger partial charge in [-0.05, 0) is 6.07 Å². The Kier molecular flexibility index (Phi) is 4.65. The van der Waals surface area contributed by atoms with Crippen molar-refractivity contribution in [2.24, 2.45) is 0 Å². The lowest BCUT2D eigenvalue weighted by Crippen LogP contribution is -2.36. The van der Waals surface area contributed by atoms with Gasteiger partial charge >= 0.3 is 0 Å². The third-order valence-electron chi connectivity index (χ3n) is 3.49. The van der Waals surface area contributed by atoms with E-state index >= 15 is 0 Å². The van der Waals surface area contributed by atoms with Gasteiger partial charge in [0.15, 0.2) is 0 Å². The van der Waals surface area contributed by atoms with Crippen molar-refractivity contribution in [1.29, 1.82) is 0 Å². The standard InChI is InChI=1S/C15H19N5O2/c1-21-15-12(3-2-4-16-15)10-17-13-9-14(19-11-18-13)20-5-7-22-8-6-20/h2-4,9,11H,5-8,10H2,1H3,(H,17,18,19). The summed E-state index contributed by atoms with van der Waals surface area (Å²) >= 11 is 0. The van der Waals surface area contributed by atoms with Gasteiger partial charge in [0.2, 0.25) is 5.88 Å². The zero-order valence-electron chi connectivity index (χ0n) is 12.5.